The van der Waals surface area contributed by atoms with Crippen molar-refractivity contribution in [3.8, 4) is 0 Å². The second-order valence-corrected chi connectivity index (χ2v) is 4.45. The summed E-state index contributed by atoms with van der Waals surface area (Å²) in [5, 5.41) is 0. The topological polar surface area (TPSA) is 51.7 Å². The molecular weight excluding hydrogens is 239 g/mol. The summed E-state index contributed by atoms with van der Waals surface area (Å²) < 4.78 is 24.1. The number of carbonyl (C=O) groups is 1. The molecule has 0 radical (unpaired) electrons. The highest BCUT2D eigenvalue weighted by molar-refractivity contribution is 5.94. The van der Waals surface area contributed by atoms with Gasteiger partial charge in [0.1, 0.15) is 0 Å². The van der Waals surface area contributed by atoms with Crippen LogP contribution < -0.4 is 0 Å². The number of nitrogens with zero attached hydrogens (tertiary/aromatic N) is 2. The van der Waals surface area contributed by atoms with Gasteiger partial charge in [0, 0.05) is 30.8 Å². The molecule has 0 bridgehead atoms. The molecule has 1 aromatic heterocycles. The Morgan fingerprint density at radius 1 is 1.44 bits per heavy atom. The smallest absolute Gasteiger partial charge is 0.254 e. The first-order chi connectivity index (χ1) is 8.69. The van der Waals surface area contributed by atoms with Crippen LogP contribution in [0.3, 0.4) is 0 Å². The van der Waals surface area contributed by atoms with E-state index in [4.69, 9.17) is 9.47 Å². The molecule has 0 aromatic carbocycles. The molecule has 5 nitrogen and oxygen atoms in total. The van der Waals surface area contributed by atoms with Gasteiger partial charge in [-0.05, 0) is 6.07 Å². The lowest BCUT2D eigenvalue weighted by atomic mass is 10.2. The summed E-state index contributed by atoms with van der Waals surface area (Å²) in [6.45, 7) is 2.08. The van der Waals surface area contributed by atoms with Crippen LogP contribution in [0.4, 0.5) is 4.39 Å². The van der Waals surface area contributed by atoms with Gasteiger partial charge in [-0.3, -0.25) is 4.79 Å². The van der Waals surface area contributed by atoms with Crippen molar-refractivity contribution in [1.29, 1.82) is 0 Å². The largest absolute Gasteiger partial charge is 0.346 e. The monoisotopic (exact) mass is 252 g/mol. The molecule has 96 valence electrons. The lowest BCUT2D eigenvalue weighted by Gasteiger charge is -2.22. The second kappa shape index (κ2) is 4.29. The van der Waals surface area contributed by atoms with Crippen LogP contribution in [0.5, 0.6) is 0 Å². The molecule has 0 aliphatic carbocycles. The molecule has 18 heavy (non-hydrogen) atoms. The first-order valence-corrected chi connectivity index (χ1v) is 5.87. The summed E-state index contributed by atoms with van der Waals surface area (Å²) in [5.74, 6) is -1.50. The third-order valence-corrected chi connectivity index (χ3v) is 3.27. The van der Waals surface area contributed by atoms with E-state index in [0.717, 1.165) is 6.07 Å². The maximum atomic E-state index is 13.0. The number of ether oxygens (including phenoxy) is 2. The Hall–Kier alpha value is -1.53. The van der Waals surface area contributed by atoms with Crippen LogP contribution >= 0.6 is 0 Å². The molecule has 2 aliphatic rings. The maximum absolute atomic E-state index is 13.0. The molecule has 3 heterocycles. The average Bonchev–Trinajstić information content (AvgIpc) is 3.00. The van der Waals surface area contributed by atoms with E-state index in [1.807, 2.05) is 0 Å². The predicted octanol–water partition coefficient (Wildman–Crippen LogP) is 0.810. The third-order valence-electron chi connectivity index (χ3n) is 3.27. The Morgan fingerprint density at radius 3 is 2.94 bits per heavy atom. The van der Waals surface area contributed by atoms with Gasteiger partial charge in [-0.15, -0.1) is 0 Å². The zero-order valence-electron chi connectivity index (χ0n) is 9.76. The van der Waals surface area contributed by atoms with Gasteiger partial charge < -0.3 is 14.4 Å². The fourth-order valence-electron chi connectivity index (χ4n) is 2.38. The number of amides is 1. The van der Waals surface area contributed by atoms with Crippen LogP contribution in [0.25, 0.3) is 0 Å². The summed E-state index contributed by atoms with van der Waals surface area (Å²) in [4.78, 5) is 17.2. The van der Waals surface area contributed by atoms with E-state index in [2.05, 4.69) is 4.98 Å². The van der Waals surface area contributed by atoms with E-state index in [-0.39, 0.29) is 5.91 Å². The number of likely N-dealkylation sites (tertiary alicyclic amines) is 1. The number of pyridine rings is 1. The minimum atomic E-state index is -0.650. The third kappa shape index (κ3) is 1.97. The predicted molar refractivity (Wildman–Crippen MR) is 59.4 cm³/mol. The zero-order chi connectivity index (χ0) is 12.6. The van der Waals surface area contributed by atoms with Gasteiger partial charge in [0.25, 0.3) is 5.91 Å². The highest BCUT2D eigenvalue weighted by Gasteiger charge is 2.44. The molecule has 3 rings (SSSR count). The minimum Gasteiger partial charge on any atom is -0.346 e. The van der Waals surface area contributed by atoms with E-state index in [1.54, 1.807) is 4.90 Å². The van der Waals surface area contributed by atoms with E-state index < -0.39 is 11.7 Å². The number of halogens is 1. The van der Waals surface area contributed by atoms with E-state index in [0.29, 0.717) is 38.3 Å². The van der Waals surface area contributed by atoms with Crippen LogP contribution in [0.15, 0.2) is 18.3 Å². The quantitative estimate of drug-likeness (QED) is 0.694. The molecule has 2 aliphatic heterocycles. The standard InChI is InChI=1S/C12H13FN2O3/c13-10-7-9(1-3-14-10)11(16)15-4-2-12(8-15)17-5-6-18-12/h1,3,7H,2,4-6,8H2. The van der Waals surface area contributed by atoms with Crippen molar-refractivity contribution in [3.05, 3.63) is 29.8 Å². The lowest BCUT2D eigenvalue weighted by Crippen LogP contribution is -2.36. The SMILES string of the molecule is O=C(c1ccnc(F)c1)N1CCC2(C1)OCCO2. The normalized spacial score (nSPS) is 21.7. The first-order valence-electron chi connectivity index (χ1n) is 5.87. The number of aromatic nitrogens is 1. The highest BCUT2D eigenvalue weighted by Crippen LogP contribution is 2.31. The van der Waals surface area contributed by atoms with Gasteiger partial charge in [-0.1, -0.05) is 0 Å². The summed E-state index contributed by atoms with van der Waals surface area (Å²) in [7, 11) is 0. The molecule has 0 saturated carbocycles. The van der Waals surface area contributed by atoms with Crippen molar-refractivity contribution < 1.29 is 18.7 Å². The molecule has 1 amide bonds. The molecule has 1 spiro atoms. The number of carbonyl (C=O) groups excluding carboxylic acids is 1. The molecule has 2 fully saturated rings. The summed E-state index contributed by atoms with van der Waals surface area (Å²) in [6.07, 6.45) is 1.95. The zero-order valence-corrected chi connectivity index (χ0v) is 9.76. The van der Waals surface area contributed by atoms with Crippen molar-refractivity contribution in [3.63, 3.8) is 0 Å². The number of hydrogen-bond donors (Lipinski definition) is 0. The van der Waals surface area contributed by atoms with Crippen LogP contribution in [-0.2, 0) is 9.47 Å². The van der Waals surface area contributed by atoms with Gasteiger partial charge in [0.2, 0.25) is 5.95 Å². The summed E-state index contributed by atoms with van der Waals surface area (Å²) >= 11 is 0. The Kier molecular flexibility index (Phi) is 2.76. The average molecular weight is 252 g/mol. The number of rotatable bonds is 1. The van der Waals surface area contributed by atoms with Gasteiger partial charge >= 0.3 is 0 Å². The van der Waals surface area contributed by atoms with Crippen molar-refractivity contribution in [2.75, 3.05) is 26.3 Å². The van der Waals surface area contributed by atoms with Gasteiger partial charge in [0.05, 0.1) is 19.8 Å². The maximum Gasteiger partial charge on any atom is 0.254 e. The van der Waals surface area contributed by atoms with E-state index in [1.165, 1.54) is 12.3 Å². The van der Waals surface area contributed by atoms with Crippen molar-refractivity contribution in [2.24, 2.45) is 0 Å². The molecule has 0 unspecified atom stereocenters. The lowest BCUT2D eigenvalue weighted by molar-refractivity contribution is -0.143. The Labute approximate surface area is 104 Å². The molecular formula is C12H13FN2O3. The van der Waals surface area contributed by atoms with Gasteiger partial charge in [-0.25, -0.2) is 4.98 Å². The van der Waals surface area contributed by atoms with Gasteiger partial charge in [-0.2, -0.15) is 4.39 Å². The summed E-state index contributed by atoms with van der Waals surface area (Å²) in [6, 6.07) is 2.65. The van der Waals surface area contributed by atoms with Crippen LogP contribution in [-0.4, -0.2) is 47.9 Å². The van der Waals surface area contributed by atoms with Crippen molar-refractivity contribution >= 4 is 5.91 Å². The van der Waals surface area contributed by atoms with Crippen LogP contribution in [0.1, 0.15) is 16.8 Å². The van der Waals surface area contributed by atoms with Crippen LogP contribution in [0.2, 0.25) is 0 Å². The van der Waals surface area contributed by atoms with Gasteiger partial charge in [0.15, 0.2) is 5.79 Å². The highest BCUT2D eigenvalue weighted by atomic mass is 19.1. The number of hydrogen-bond acceptors (Lipinski definition) is 4. The van der Waals surface area contributed by atoms with E-state index >= 15 is 0 Å². The fraction of sp³-hybridized carbons (Fsp3) is 0.500. The van der Waals surface area contributed by atoms with E-state index in [9.17, 15) is 9.18 Å². The molecule has 0 N–H and O–H groups in total. The second-order valence-electron chi connectivity index (χ2n) is 4.45. The van der Waals surface area contributed by atoms with Crippen molar-refractivity contribution in [2.45, 2.75) is 12.2 Å². The molecule has 1 aromatic rings. The Balaban J connectivity index is 1.74. The van der Waals surface area contributed by atoms with Crippen LogP contribution in [0, 0.1) is 5.95 Å². The molecule has 6 heteroatoms. The molecule has 2 saturated heterocycles. The Morgan fingerprint density at radius 2 is 2.22 bits per heavy atom. The minimum absolute atomic E-state index is 0.215. The first kappa shape index (κ1) is 11.6. The Bertz CT molecular complexity index is 474. The van der Waals surface area contributed by atoms with Crippen molar-refractivity contribution in [1.82, 2.24) is 9.88 Å². The fourth-order valence-corrected chi connectivity index (χ4v) is 2.38. The molecule has 0 atom stereocenters. The summed E-state index contributed by atoms with van der Waals surface area (Å²) in [5.41, 5.74) is 0.303.